The second-order valence-corrected chi connectivity index (χ2v) is 2.86. The molecule has 0 unspecified atom stereocenters. The summed E-state index contributed by atoms with van der Waals surface area (Å²) >= 11 is 0. The molecule has 0 fully saturated rings. The average molecular weight is 189 g/mol. The maximum Gasteiger partial charge on any atom is 0.151 e. The van der Waals surface area contributed by atoms with E-state index >= 15 is 0 Å². The molecule has 1 aromatic rings. The number of nitriles is 1. The van der Waals surface area contributed by atoms with Gasteiger partial charge in [0.25, 0.3) is 0 Å². The van der Waals surface area contributed by atoms with Crippen molar-refractivity contribution < 1.29 is 9.53 Å². The highest BCUT2D eigenvalue weighted by Gasteiger charge is 2.07. The normalized spacial score (nSPS) is 9.14. The van der Waals surface area contributed by atoms with Crippen LogP contribution in [0.3, 0.4) is 0 Å². The lowest BCUT2D eigenvalue weighted by Crippen LogP contribution is -2.02. The zero-order valence-electron chi connectivity index (χ0n) is 7.99. The lowest BCUT2D eigenvalue weighted by molar-refractivity contribution is -0.117. The van der Waals surface area contributed by atoms with Gasteiger partial charge >= 0.3 is 0 Å². The Labute approximate surface area is 82.9 Å². The van der Waals surface area contributed by atoms with Crippen molar-refractivity contribution in [1.82, 2.24) is 0 Å². The Hall–Kier alpha value is -1.82. The molecule has 0 atom stereocenters. The van der Waals surface area contributed by atoms with E-state index in [2.05, 4.69) is 0 Å². The van der Waals surface area contributed by atoms with Gasteiger partial charge < -0.3 is 4.74 Å². The highest BCUT2D eigenvalue weighted by atomic mass is 16.5. The number of Topliss-reactive ketones (excluding diaryl/α,β-unsaturated/α-hetero) is 1. The van der Waals surface area contributed by atoms with Crippen LogP contribution in [-0.2, 0) is 11.2 Å². The van der Waals surface area contributed by atoms with Crippen LogP contribution in [0.1, 0.15) is 12.0 Å². The van der Waals surface area contributed by atoms with E-state index in [0.717, 1.165) is 5.56 Å². The van der Waals surface area contributed by atoms with E-state index in [0.29, 0.717) is 5.75 Å². The van der Waals surface area contributed by atoms with Crippen molar-refractivity contribution in [1.29, 1.82) is 5.26 Å². The molecule has 0 amide bonds. The van der Waals surface area contributed by atoms with Crippen molar-refractivity contribution in [2.75, 3.05) is 7.11 Å². The summed E-state index contributed by atoms with van der Waals surface area (Å²) in [5.74, 6) is 0.607. The van der Waals surface area contributed by atoms with E-state index in [1.807, 2.05) is 24.3 Å². The molecular formula is C11H11NO2. The van der Waals surface area contributed by atoms with Crippen LogP contribution < -0.4 is 4.74 Å². The maximum absolute atomic E-state index is 11.2. The van der Waals surface area contributed by atoms with Crippen LogP contribution in [0.5, 0.6) is 5.75 Å². The van der Waals surface area contributed by atoms with Gasteiger partial charge in [-0.3, -0.25) is 4.79 Å². The molecule has 3 heteroatoms. The standard InChI is InChI=1S/C11H11NO2/c1-14-11-5-3-2-4-9(11)8-10(13)6-7-12/h2-5H,6,8H2,1H3. The Bertz CT molecular complexity index is 366. The van der Waals surface area contributed by atoms with Gasteiger partial charge in [0.15, 0.2) is 5.78 Å². The van der Waals surface area contributed by atoms with Crippen molar-refractivity contribution in [3.63, 3.8) is 0 Å². The van der Waals surface area contributed by atoms with Gasteiger partial charge in [0.2, 0.25) is 0 Å². The summed E-state index contributed by atoms with van der Waals surface area (Å²) in [4.78, 5) is 11.2. The van der Waals surface area contributed by atoms with Crippen molar-refractivity contribution in [2.45, 2.75) is 12.8 Å². The van der Waals surface area contributed by atoms with Gasteiger partial charge in [0.1, 0.15) is 5.75 Å². The third kappa shape index (κ3) is 2.60. The molecule has 0 aromatic heterocycles. The van der Waals surface area contributed by atoms with Crippen molar-refractivity contribution in [3.8, 4) is 11.8 Å². The fraction of sp³-hybridized carbons (Fsp3) is 0.273. The van der Waals surface area contributed by atoms with E-state index in [9.17, 15) is 4.79 Å². The summed E-state index contributed by atoms with van der Waals surface area (Å²) in [7, 11) is 1.56. The zero-order valence-corrected chi connectivity index (χ0v) is 7.99. The van der Waals surface area contributed by atoms with Crippen LogP contribution in [-0.4, -0.2) is 12.9 Å². The van der Waals surface area contributed by atoms with Gasteiger partial charge in [0.05, 0.1) is 19.6 Å². The quantitative estimate of drug-likeness (QED) is 0.724. The summed E-state index contributed by atoms with van der Waals surface area (Å²) in [6.45, 7) is 0. The Balaban J connectivity index is 2.76. The molecule has 3 nitrogen and oxygen atoms in total. The SMILES string of the molecule is COc1ccccc1CC(=O)CC#N. The van der Waals surface area contributed by atoms with Gasteiger partial charge in [-0.2, -0.15) is 5.26 Å². The molecule has 0 aliphatic heterocycles. The van der Waals surface area contributed by atoms with Crippen molar-refractivity contribution in [3.05, 3.63) is 29.8 Å². The molecule has 0 spiro atoms. The fourth-order valence-electron chi connectivity index (χ4n) is 1.21. The second-order valence-electron chi connectivity index (χ2n) is 2.86. The summed E-state index contributed by atoms with van der Waals surface area (Å²) in [6, 6.07) is 9.15. The van der Waals surface area contributed by atoms with Crippen LogP contribution in [0.2, 0.25) is 0 Å². The van der Waals surface area contributed by atoms with E-state index in [1.54, 1.807) is 13.2 Å². The average Bonchev–Trinajstić information content (AvgIpc) is 2.19. The molecule has 0 saturated carbocycles. The van der Waals surface area contributed by atoms with Gasteiger partial charge in [-0.15, -0.1) is 0 Å². The predicted molar refractivity (Wildman–Crippen MR) is 51.9 cm³/mol. The minimum atomic E-state index is -0.0861. The first-order valence-corrected chi connectivity index (χ1v) is 4.28. The first kappa shape index (κ1) is 10.3. The maximum atomic E-state index is 11.2. The number of para-hydroxylation sites is 1. The largest absolute Gasteiger partial charge is 0.496 e. The van der Waals surface area contributed by atoms with E-state index in [1.165, 1.54) is 0 Å². The number of carbonyl (C=O) groups excluding carboxylic acids is 1. The number of methoxy groups -OCH3 is 1. The van der Waals surface area contributed by atoms with Crippen LogP contribution in [0.15, 0.2) is 24.3 Å². The monoisotopic (exact) mass is 189 g/mol. The predicted octanol–water partition coefficient (Wildman–Crippen LogP) is 1.72. The third-order valence-corrected chi connectivity index (χ3v) is 1.86. The first-order valence-electron chi connectivity index (χ1n) is 4.28. The molecule has 14 heavy (non-hydrogen) atoms. The Morgan fingerprint density at radius 3 is 2.86 bits per heavy atom. The molecular weight excluding hydrogens is 178 g/mol. The smallest absolute Gasteiger partial charge is 0.151 e. The number of hydrogen-bond acceptors (Lipinski definition) is 3. The highest BCUT2D eigenvalue weighted by molar-refractivity contribution is 5.83. The topological polar surface area (TPSA) is 50.1 Å². The number of carbonyl (C=O) groups is 1. The van der Waals surface area contributed by atoms with Gasteiger partial charge in [-0.25, -0.2) is 0 Å². The second kappa shape index (κ2) is 5.03. The molecule has 72 valence electrons. The van der Waals surface area contributed by atoms with Crippen molar-refractivity contribution >= 4 is 5.78 Å². The number of rotatable bonds is 4. The number of ether oxygens (including phenoxy) is 1. The van der Waals surface area contributed by atoms with E-state index in [4.69, 9.17) is 10.00 Å². The number of hydrogen-bond donors (Lipinski definition) is 0. The molecule has 0 N–H and O–H groups in total. The molecule has 1 rings (SSSR count). The highest BCUT2D eigenvalue weighted by Crippen LogP contribution is 2.18. The summed E-state index contributed by atoms with van der Waals surface area (Å²) < 4.78 is 5.09. The minimum Gasteiger partial charge on any atom is -0.496 e. The number of benzene rings is 1. The van der Waals surface area contributed by atoms with Crippen molar-refractivity contribution in [2.24, 2.45) is 0 Å². The van der Waals surface area contributed by atoms with Crippen LogP contribution in [0.4, 0.5) is 0 Å². The van der Waals surface area contributed by atoms with Gasteiger partial charge in [-0.1, -0.05) is 18.2 Å². The number of ketones is 1. The molecule has 0 radical (unpaired) electrons. The molecule has 1 aromatic carbocycles. The lowest BCUT2D eigenvalue weighted by atomic mass is 10.1. The third-order valence-electron chi connectivity index (χ3n) is 1.86. The summed E-state index contributed by atoms with van der Waals surface area (Å²) in [5, 5.41) is 8.34. The molecule has 0 saturated heterocycles. The van der Waals surface area contributed by atoms with Crippen LogP contribution >= 0.6 is 0 Å². The van der Waals surface area contributed by atoms with Gasteiger partial charge in [-0.05, 0) is 6.07 Å². The van der Waals surface area contributed by atoms with E-state index < -0.39 is 0 Å². The Kier molecular flexibility index (Phi) is 3.69. The summed E-state index contributed by atoms with van der Waals surface area (Å²) in [5.41, 5.74) is 0.829. The molecule has 0 aliphatic carbocycles. The number of nitrogens with zero attached hydrogens (tertiary/aromatic N) is 1. The zero-order chi connectivity index (χ0) is 10.4. The molecule has 0 aliphatic rings. The summed E-state index contributed by atoms with van der Waals surface area (Å²) in [6.07, 6.45) is 0.218. The van der Waals surface area contributed by atoms with Crippen LogP contribution in [0, 0.1) is 11.3 Å². The molecule has 0 heterocycles. The molecule has 0 bridgehead atoms. The fourth-order valence-corrected chi connectivity index (χ4v) is 1.21. The Morgan fingerprint density at radius 2 is 2.21 bits per heavy atom. The Morgan fingerprint density at radius 1 is 1.50 bits per heavy atom. The minimum absolute atomic E-state index is 0.0436. The van der Waals surface area contributed by atoms with Gasteiger partial charge in [0, 0.05) is 12.0 Å². The van der Waals surface area contributed by atoms with Crippen LogP contribution in [0.25, 0.3) is 0 Å². The first-order chi connectivity index (χ1) is 6.77. The van der Waals surface area contributed by atoms with E-state index in [-0.39, 0.29) is 18.6 Å². The lowest BCUT2D eigenvalue weighted by Gasteiger charge is -2.05.